The highest BCUT2D eigenvalue weighted by molar-refractivity contribution is 5.96. The van der Waals surface area contributed by atoms with Crippen LogP contribution in [0.15, 0.2) is 24.5 Å². The van der Waals surface area contributed by atoms with E-state index in [1.807, 2.05) is 0 Å². The van der Waals surface area contributed by atoms with Gasteiger partial charge in [0.05, 0.1) is 19.8 Å². The van der Waals surface area contributed by atoms with Crippen LogP contribution >= 0.6 is 0 Å². The quantitative estimate of drug-likeness (QED) is 0.796. The van der Waals surface area contributed by atoms with Gasteiger partial charge >= 0.3 is 0 Å². The number of nitrogens with one attached hydrogen (secondary N) is 1. The SMILES string of the molecule is O=C(NCC(=O)N1CCOCC1)c1ccncc1. The second kappa shape index (κ2) is 6.11. The molecule has 0 spiro atoms. The van der Waals surface area contributed by atoms with Crippen LogP contribution in [-0.4, -0.2) is 54.5 Å². The number of carbonyl (C=O) groups excluding carboxylic acids is 2. The van der Waals surface area contributed by atoms with E-state index in [9.17, 15) is 9.59 Å². The fourth-order valence-corrected chi connectivity index (χ4v) is 1.69. The summed E-state index contributed by atoms with van der Waals surface area (Å²) in [6.45, 7) is 2.31. The molecule has 96 valence electrons. The van der Waals surface area contributed by atoms with Crippen molar-refractivity contribution in [3.05, 3.63) is 30.1 Å². The summed E-state index contributed by atoms with van der Waals surface area (Å²) in [6, 6.07) is 3.21. The van der Waals surface area contributed by atoms with Crippen LogP contribution in [0, 0.1) is 0 Å². The predicted octanol–water partition coefficient (Wildman–Crippen LogP) is -0.330. The van der Waals surface area contributed by atoms with Gasteiger partial charge in [-0.3, -0.25) is 14.6 Å². The van der Waals surface area contributed by atoms with Crippen molar-refractivity contribution in [3.8, 4) is 0 Å². The Kier molecular flexibility index (Phi) is 4.25. The van der Waals surface area contributed by atoms with Crippen LogP contribution < -0.4 is 5.32 Å². The number of aromatic nitrogens is 1. The molecule has 1 saturated heterocycles. The van der Waals surface area contributed by atoms with E-state index in [1.54, 1.807) is 29.4 Å². The lowest BCUT2D eigenvalue weighted by molar-refractivity contribution is -0.134. The van der Waals surface area contributed by atoms with Gasteiger partial charge in [-0.2, -0.15) is 0 Å². The van der Waals surface area contributed by atoms with Gasteiger partial charge in [-0.05, 0) is 12.1 Å². The van der Waals surface area contributed by atoms with E-state index in [4.69, 9.17) is 4.74 Å². The molecule has 0 aromatic carbocycles. The van der Waals surface area contributed by atoms with Crippen molar-refractivity contribution in [1.29, 1.82) is 0 Å². The number of nitrogens with zero attached hydrogens (tertiary/aromatic N) is 2. The molecule has 18 heavy (non-hydrogen) atoms. The Hall–Kier alpha value is -1.95. The molecular weight excluding hydrogens is 234 g/mol. The molecule has 0 aliphatic carbocycles. The first-order valence-corrected chi connectivity index (χ1v) is 5.81. The van der Waals surface area contributed by atoms with E-state index in [1.165, 1.54) is 0 Å². The van der Waals surface area contributed by atoms with Crippen LogP contribution in [0.4, 0.5) is 0 Å². The molecule has 1 aromatic rings. The molecule has 6 heteroatoms. The highest BCUT2D eigenvalue weighted by Gasteiger charge is 2.17. The summed E-state index contributed by atoms with van der Waals surface area (Å²) >= 11 is 0. The normalized spacial score (nSPS) is 15.2. The van der Waals surface area contributed by atoms with E-state index in [2.05, 4.69) is 10.3 Å². The number of hydrogen-bond acceptors (Lipinski definition) is 4. The first-order valence-electron chi connectivity index (χ1n) is 5.81. The number of morpholine rings is 1. The largest absolute Gasteiger partial charge is 0.378 e. The van der Waals surface area contributed by atoms with Crippen molar-refractivity contribution in [3.63, 3.8) is 0 Å². The van der Waals surface area contributed by atoms with Crippen molar-refractivity contribution in [1.82, 2.24) is 15.2 Å². The van der Waals surface area contributed by atoms with Gasteiger partial charge in [-0.1, -0.05) is 0 Å². The summed E-state index contributed by atoms with van der Waals surface area (Å²) < 4.78 is 5.16. The Labute approximate surface area is 105 Å². The van der Waals surface area contributed by atoms with Crippen LogP contribution in [0.1, 0.15) is 10.4 Å². The summed E-state index contributed by atoms with van der Waals surface area (Å²) in [7, 11) is 0. The number of rotatable bonds is 3. The number of hydrogen-bond donors (Lipinski definition) is 1. The molecule has 0 saturated carbocycles. The minimum atomic E-state index is -0.265. The minimum absolute atomic E-state index is 0.0150. The van der Waals surface area contributed by atoms with Crippen molar-refractivity contribution in [2.24, 2.45) is 0 Å². The molecule has 1 fully saturated rings. The third-order valence-electron chi connectivity index (χ3n) is 2.71. The summed E-state index contributed by atoms with van der Waals surface area (Å²) in [5.41, 5.74) is 0.500. The number of carbonyl (C=O) groups is 2. The Morgan fingerprint density at radius 2 is 1.94 bits per heavy atom. The summed E-state index contributed by atoms with van der Waals surface area (Å²) in [5, 5.41) is 2.60. The Bertz CT molecular complexity index is 416. The highest BCUT2D eigenvalue weighted by Crippen LogP contribution is 1.98. The Morgan fingerprint density at radius 3 is 2.61 bits per heavy atom. The first kappa shape index (κ1) is 12.5. The molecule has 1 N–H and O–H groups in total. The van der Waals surface area contributed by atoms with E-state index in [0.29, 0.717) is 31.9 Å². The van der Waals surface area contributed by atoms with E-state index < -0.39 is 0 Å². The molecule has 1 aromatic heterocycles. The van der Waals surface area contributed by atoms with Crippen LogP contribution in [0.3, 0.4) is 0 Å². The maximum Gasteiger partial charge on any atom is 0.251 e. The molecule has 0 radical (unpaired) electrons. The second-order valence-corrected chi connectivity index (χ2v) is 3.91. The average molecular weight is 249 g/mol. The zero-order valence-corrected chi connectivity index (χ0v) is 9.96. The summed E-state index contributed by atoms with van der Waals surface area (Å²) in [4.78, 5) is 29.0. The highest BCUT2D eigenvalue weighted by atomic mass is 16.5. The summed E-state index contributed by atoms with van der Waals surface area (Å²) in [5.74, 6) is -0.347. The maximum atomic E-state index is 11.8. The lowest BCUT2D eigenvalue weighted by atomic mass is 10.2. The number of ether oxygens (including phenoxy) is 1. The van der Waals surface area contributed by atoms with Gasteiger partial charge in [-0.15, -0.1) is 0 Å². The predicted molar refractivity (Wildman–Crippen MR) is 64.0 cm³/mol. The second-order valence-electron chi connectivity index (χ2n) is 3.91. The van der Waals surface area contributed by atoms with E-state index in [-0.39, 0.29) is 18.4 Å². The standard InChI is InChI=1S/C12H15N3O3/c16-11(15-5-7-18-8-6-15)9-14-12(17)10-1-3-13-4-2-10/h1-4H,5-9H2,(H,14,17). The average Bonchev–Trinajstić information content (AvgIpc) is 2.46. The first-order chi connectivity index (χ1) is 8.77. The fraction of sp³-hybridized carbons (Fsp3) is 0.417. The molecule has 6 nitrogen and oxygen atoms in total. The van der Waals surface area contributed by atoms with Crippen molar-refractivity contribution >= 4 is 11.8 Å². The van der Waals surface area contributed by atoms with Gasteiger partial charge in [0.2, 0.25) is 5.91 Å². The topological polar surface area (TPSA) is 71.5 Å². The third kappa shape index (κ3) is 3.27. The Balaban J connectivity index is 1.80. The van der Waals surface area contributed by atoms with Gasteiger partial charge in [-0.25, -0.2) is 0 Å². The molecule has 0 unspecified atom stereocenters. The van der Waals surface area contributed by atoms with Gasteiger partial charge in [0, 0.05) is 31.0 Å². The van der Waals surface area contributed by atoms with Crippen LogP contribution in [0.25, 0.3) is 0 Å². The zero-order chi connectivity index (χ0) is 12.8. The molecule has 1 aliphatic rings. The molecule has 2 rings (SSSR count). The van der Waals surface area contributed by atoms with Gasteiger partial charge < -0.3 is 15.0 Å². The van der Waals surface area contributed by atoms with E-state index >= 15 is 0 Å². The van der Waals surface area contributed by atoms with Crippen LogP contribution in [0.5, 0.6) is 0 Å². The van der Waals surface area contributed by atoms with Gasteiger partial charge in [0.25, 0.3) is 5.91 Å². The molecule has 2 amide bonds. The lowest BCUT2D eigenvalue weighted by Gasteiger charge is -2.26. The maximum absolute atomic E-state index is 11.8. The lowest BCUT2D eigenvalue weighted by Crippen LogP contribution is -2.45. The van der Waals surface area contributed by atoms with Gasteiger partial charge in [0.1, 0.15) is 0 Å². The van der Waals surface area contributed by atoms with Gasteiger partial charge in [0.15, 0.2) is 0 Å². The van der Waals surface area contributed by atoms with Crippen LogP contribution in [0.2, 0.25) is 0 Å². The smallest absolute Gasteiger partial charge is 0.251 e. The van der Waals surface area contributed by atoms with Crippen LogP contribution in [-0.2, 0) is 9.53 Å². The molecule has 0 bridgehead atoms. The minimum Gasteiger partial charge on any atom is -0.378 e. The van der Waals surface area contributed by atoms with E-state index in [0.717, 1.165) is 0 Å². The number of pyridine rings is 1. The Morgan fingerprint density at radius 1 is 1.28 bits per heavy atom. The van der Waals surface area contributed by atoms with Crippen molar-refractivity contribution in [2.75, 3.05) is 32.8 Å². The molecule has 1 aliphatic heterocycles. The van der Waals surface area contributed by atoms with Crippen molar-refractivity contribution < 1.29 is 14.3 Å². The fourth-order valence-electron chi connectivity index (χ4n) is 1.69. The number of amides is 2. The summed E-state index contributed by atoms with van der Waals surface area (Å²) in [6.07, 6.45) is 3.08. The molecule has 0 atom stereocenters. The van der Waals surface area contributed by atoms with Crippen molar-refractivity contribution in [2.45, 2.75) is 0 Å². The molecular formula is C12H15N3O3. The third-order valence-corrected chi connectivity index (χ3v) is 2.71. The molecule has 2 heterocycles. The monoisotopic (exact) mass is 249 g/mol. The zero-order valence-electron chi connectivity index (χ0n) is 9.96.